The number of likely N-dealkylation sites (tertiary alicyclic amines) is 1. The van der Waals surface area contributed by atoms with Gasteiger partial charge in [-0.05, 0) is 19.4 Å². The highest BCUT2D eigenvalue weighted by Gasteiger charge is 2.48. The second-order valence-corrected chi connectivity index (χ2v) is 6.48. The van der Waals surface area contributed by atoms with Crippen LogP contribution in [0, 0.1) is 5.92 Å². The lowest BCUT2D eigenvalue weighted by molar-refractivity contribution is -0.148. The molecule has 1 aromatic carbocycles. The second-order valence-electron chi connectivity index (χ2n) is 6.48. The third-order valence-electron chi connectivity index (χ3n) is 4.26. The molecule has 0 N–H and O–H groups in total. The van der Waals surface area contributed by atoms with Gasteiger partial charge in [-0.2, -0.15) is 0 Å². The van der Waals surface area contributed by atoms with Crippen molar-refractivity contribution in [1.29, 1.82) is 0 Å². The molecule has 21 heavy (non-hydrogen) atoms. The molecular formula is C17H23NO3. The highest BCUT2D eigenvalue weighted by atomic mass is 16.8. The third kappa shape index (κ3) is 3.34. The molecule has 2 aliphatic rings. The Morgan fingerprint density at radius 2 is 2.00 bits per heavy atom. The number of rotatable bonds is 4. The van der Waals surface area contributed by atoms with Gasteiger partial charge in [0.2, 0.25) is 0 Å². The zero-order chi connectivity index (χ0) is 14.9. The number of benzene rings is 1. The lowest BCUT2D eigenvalue weighted by Crippen LogP contribution is -2.50. The van der Waals surface area contributed by atoms with Gasteiger partial charge in [0, 0.05) is 32.0 Å². The van der Waals surface area contributed by atoms with Gasteiger partial charge in [0.05, 0.1) is 6.10 Å². The molecule has 2 aliphatic heterocycles. The fraction of sp³-hybridized carbons (Fsp3) is 0.588. The van der Waals surface area contributed by atoms with Crippen LogP contribution in [0.1, 0.15) is 25.8 Å². The molecule has 114 valence electrons. The van der Waals surface area contributed by atoms with E-state index in [1.54, 1.807) is 0 Å². The molecule has 2 saturated heterocycles. The molecule has 0 radical (unpaired) electrons. The molecule has 4 heteroatoms. The van der Waals surface area contributed by atoms with Crippen LogP contribution in [0.2, 0.25) is 0 Å². The summed E-state index contributed by atoms with van der Waals surface area (Å²) in [7, 11) is 0. The van der Waals surface area contributed by atoms with Gasteiger partial charge in [-0.1, -0.05) is 30.3 Å². The van der Waals surface area contributed by atoms with Crippen molar-refractivity contribution in [3.8, 4) is 0 Å². The van der Waals surface area contributed by atoms with E-state index in [-0.39, 0.29) is 18.1 Å². The Bertz CT molecular complexity index is 488. The van der Waals surface area contributed by atoms with E-state index < -0.39 is 5.79 Å². The van der Waals surface area contributed by atoms with Crippen molar-refractivity contribution >= 4 is 6.29 Å². The summed E-state index contributed by atoms with van der Waals surface area (Å²) in [5.74, 6) is -0.328. The molecular weight excluding hydrogens is 266 g/mol. The first-order valence-corrected chi connectivity index (χ1v) is 7.63. The molecule has 4 nitrogen and oxygen atoms in total. The van der Waals surface area contributed by atoms with Crippen molar-refractivity contribution in [2.24, 2.45) is 5.92 Å². The standard InChI is InChI=1S/C17H23NO3/c1-17(2)20-15-12-18(10-13-6-4-3-5-7-13)11-14(8-9-19)16(15)21-17/h3-7,9,14-16H,8,10-12H2,1-2H3/t14-,15-,16+/m1/s1. The Morgan fingerprint density at radius 1 is 1.24 bits per heavy atom. The number of ether oxygens (including phenoxy) is 2. The first-order chi connectivity index (χ1) is 10.1. The van der Waals surface area contributed by atoms with Crippen molar-refractivity contribution in [3.63, 3.8) is 0 Å². The van der Waals surface area contributed by atoms with Crippen LogP contribution < -0.4 is 0 Å². The molecule has 0 aliphatic carbocycles. The minimum atomic E-state index is -0.542. The van der Waals surface area contributed by atoms with Gasteiger partial charge < -0.3 is 14.3 Å². The monoisotopic (exact) mass is 289 g/mol. The van der Waals surface area contributed by atoms with Gasteiger partial charge in [-0.25, -0.2) is 0 Å². The Morgan fingerprint density at radius 3 is 2.71 bits per heavy atom. The van der Waals surface area contributed by atoms with Gasteiger partial charge in [0.25, 0.3) is 0 Å². The summed E-state index contributed by atoms with van der Waals surface area (Å²) < 4.78 is 12.0. The molecule has 2 heterocycles. The van der Waals surface area contributed by atoms with Crippen molar-refractivity contribution in [3.05, 3.63) is 35.9 Å². The molecule has 0 saturated carbocycles. The largest absolute Gasteiger partial charge is 0.344 e. The number of nitrogens with zero attached hydrogens (tertiary/aromatic N) is 1. The van der Waals surface area contributed by atoms with E-state index in [4.69, 9.17) is 9.47 Å². The lowest BCUT2D eigenvalue weighted by atomic mass is 9.90. The third-order valence-corrected chi connectivity index (χ3v) is 4.26. The summed E-state index contributed by atoms with van der Waals surface area (Å²) in [6.07, 6.45) is 1.63. The van der Waals surface area contributed by atoms with Gasteiger partial charge in [-0.15, -0.1) is 0 Å². The van der Waals surface area contributed by atoms with Crippen LogP contribution in [0.4, 0.5) is 0 Å². The summed E-state index contributed by atoms with van der Waals surface area (Å²) in [5, 5.41) is 0. The second kappa shape index (κ2) is 5.87. The van der Waals surface area contributed by atoms with E-state index in [2.05, 4.69) is 29.2 Å². The van der Waals surface area contributed by atoms with Crippen LogP contribution in [0.15, 0.2) is 30.3 Å². The number of piperidine rings is 1. The van der Waals surface area contributed by atoms with Crippen LogP contribution in [-0.4, -0.2) is 42.3 Å². The maximum absolute atomic E-state index is 11.0. The molecule has 0 amide bonds. The molecule has 0 aromatic heterocycles. The van der Waals surface area contributed by atoms with E-state index in [9.17, 15) is 4.79 Å². The summed E-state index contributed by atoms with van der Waals surface area (Å²) in [6.45, 7) is 6.53. The van der Waals surface area contributed by atoms with Crippen molar-refractivity contribution in [2.75, 3.05) is 13.1 Å². The van der Waals surface area contributed by atoms with E-state index in [0.717, 1.165) is 25.9 Å². The number of fused-ring (bicyclic) bond motifs is 1. The van der Waals surface area contributed by atoms with E-state index in [0.29, 0.717) is 6.42 Å². The summed E-state index contributed by atoms with van der Waals surface area (Å²) in [6, 6.07) is 10.4. The molecule has 0 unspecified atom stereocenters. The summed E-state index contributed by atoms with van der Waals surface area (Å²) >= 11 is 0. The minimum Gasteiger partial charge on any atom is -0.344 e. The molecule has 2 fully saturated rings. The van der Waals surface area contributed by atoms with Crippen molar-refractivity contribution in [2.45, 2.75) is 44.8 Å². The number of hydrogen-bond donors (Lipinski definition) is 0. The first kappa shape index (κ1) is 14.7. The number of carbonyl (C=O) groups excluding carboxylic acids is 1. The zero-order valence-electron chi connectivity index (χ0n) is 12.7. The number of hydrogen-bond acceptors (Lipinski definition) is 4. The van der Waals surface area contributed by atoms with Crippen molar-refractivity contribution in [1.82, 2.24) is 4.90 Å². The van der Waals surface area contributed by atoms with Gasteiger partial charge >= 0.3 is 0 Å². The van der Waals surface area contributed by atoms with E-state index in [1.807, 2.05) is 19.9 Å². The summed E-state index contributed by atoms with van der Waals surface area (Å²) in [4.78, 5) is 13.3. The van der Waals surface area contributed by atoms with Gasteiger partial charge in [-0.3, -0.25) is 4.90 Å². The van der Waals surface area contributed by atoms with E-state index in [1.165, 1.54) is 5.56 Å². The number of aldehydes is 1. The average Bonchev–Trinajstić information content (AvgIpc) is 2.75. The van der Waals surface area contributed by atoms with Gasteiger partial charge in [0.1, 0.15) is 12.4 Å². The maximum atomic E-state index is 11.0. The Labute approximate surface area is 126 Å². The van der Waals surface area contributed by atoms with Crippen LogP contribution >= 0.6 is 0 Å². The predicted octanol–water partition coefficient (Wildman–Crippen LogP) is 2.23. The smallest absolute Gasteiger partial charge is 0.163 e. The van der Waals surface area contributed by atoms with Crippen LogP contribution in [0.25, 0.3) is 0 Å². The van der Waals surface area contributed by atoms with Crippen molar-refractivity contribution < 1.29 is 14.3 Å². The van der Waals surface area contributed by atoms with Crippen LogP contribution in [0.5, 0.6) is 0 Å². The maximum Gasteiger partial charge on any atom is 0.163 e. The van der Waals surface area contributed by atoms with Crippen LogP contribution in [0.3, 0.4) is 0 Å². The van der Waals surface area contributed by atoms with Gasteiger partial charge in [0.15, 0.2) is 5.79 Å². The Balaban J connectivity index is 1.72. The highest BCUT2D eigenvalue weighted by Crippen LogP contribution is 2.37. The normalized spacial score (nSPS) is 31.8. The molecule has 0 spiro atoms. The molecule has 1 aromatic rings. The molecule has 3 atom stereocenters. The molecule has 0 bridgehead atoms. The van der Waals surface area contributed by atoms with Crippen LogP contribution in [-0.2, 0) is 20.8 Å². The summed E-state index contributed by atoms with van der Waals surface area (Å²) in [5.41, 5.74) is 1.29. The van der Waals surface area contributed by atoms with E-state index >= 15 is 0 Å². The minimum absolute atomic E-state index is 0.0391. The first-order valence-electron chi connectivity index (χ1n) is 7.63. The lowest BCUT2D eigenvalue weighted by Gasteiger charge is -2.38. The Hall–Kier alpha value is -1.23. The highest BCUT2D eigenvalue weighted by molar-refractivity contribution is 5.50. The molecule has 3 rings (SSSR count). The average molecular weight is 289 g/mol. The predicted molar refractivity (Wildman–Crippen MR) is 79.7 cm³/mol. The fourth-order valence-corrected chi connectivity index (χ4v) is 3.47. The zero-order valence-corrected chi connectivity index (χ0v) is 12.7. The Kier molecular flexibility index (Phi) is 4.11. The topological polar surface area (TPSA) is 38.8 Å². The fourth-order valence-electron chi connectivity index (χ4n) is 3.47. The number of carbonyl (C=O) groups is 1. The SMILES string of the molecule is CC1(C)O[C@H]2[C@H](CC=O)CN(Cc3ccccc3)C[C@H]2O1. The quantitative estimate of drug-likeness (QED) is 0.797.